The van der Waals surface area contributed by atoms with E-state index in [9.17, 15) is 4.79 Å². The quantitative estimate of drug-likeness (QED) is 0.618. The van der Waals surface area contributed by atoms with Gasteiger partial charge in [-0.15, -0.1) is 0 Å². The second kappa shape index (κ2) is 7.80. The maximum atomic E-state index is 11.8. The molecule has 21 heavy (non-hydrogen) atoms. The Kier molecular flexibility index (Phi) is 5.47. The zero-order chi connectivity index (χ0) is 14.9. The number of allylic oxidation sites excluding steroid dienone is 1. The Morgan fingerprint density at radius 1 is 1.05 bits per heavy atom. The Morgan fingerprint density at radius 3 is 2.29 bits per heavy atom. The molecule has 2 aromatic rings. The highest BCUT2D eigenvalue weighted by molar-refractivity contribution is 5.83. The molecule has 0 unspecified atom stereocenters. The van der Waals surface area contributed by atoms with Crippen LogP contribution in [0.2, 0.25) is 0 Å². The van der Waals surface area contributed by atoms with Crippen LogP contribution >= 0.6 is 0 Å². The van der Waals surface area contributed by atoms with Crippen LogP contribution in [0.5, 0.6) is 0 Å². The van der Waals surface area contributed by atoms with Gasteiger partial charge in [0.1, 0.15) is 0 Å². The second-order valence-electron chi connectivity index (χ2n) is 4.40. The Bertz CT molecular complexity index is 618. The van der Waals surface area contributed by atoms with E-state index in [0.717, 1.165) is 11.1 Å². The fraction of sp³-hybridized carbons (Fsp3) is 0.111. The molecule has 0 bridgehead atoms. The molecule has 0 saturated heterocycles. The SMILES string of the molecule is COC(=O)[C@@H](N=CC=Cc1ccccc1)c1ccccc1. The number of carbonyl (C=O) groups excluding carboxylic acids is 1. The lowest BCUT2D eigenvalue weighted by Gasteiger charge is -2.09. The first-order chi connectivity index (χ1) is 10.3. The first-order valence-electron chi connectivity index (χ1n) is 6.69. The minimum Gasteiger partial charge on any atom is -0.467 e. The number of carbonyl (C=O) groups is 1. The second-order valence-corrected chi connectivity index (χ2v) is 4.40. The fourth-order valence-corrected chi connectivity index (χ4v) is 1.88. The lowest BCUT2D eigenvalue weighted by atomic mass is 10.1. The number of nitrogens with zero attached hydrogens (tertiary/aromatic N) is 1. The normalized spacial score (nSPS) is 12.6. The summed E-state index contributed by atoms with van der Waals surface area (Å²) in [5, 5.41) is 0. The van der Waals surface area contributed by atoms with E-state index in [1.165, 1.54) is 7.11 Å². The van der Waals surface area contributed by atoms with E-state index in [2.05, 4.69) is 4.99 Å². The van der Waals surface area contributed by atoms with Gasteiger partial charge in [-0.25, -0.2) is 4.79 Å². The third-order valence-corrected chi connectivity index (χ3v) is 2.95. The van der Waals surface area contributed by atoms with Crippen LogP contribution in [0.25, 0.3) is 6.08 Å². The molecule has 0 aliphatic heterocycles. The van der Waals surface area contributed by atoms with Gasteiger partial charge in [0.25, 0.3) is 0 Å². The largest absolute Gasteiger partial charge is 0.467 e. The van der Waals surface area contributed by atoms with Crippen molar-refractivity contribution in [2.24, 2.45) is 4.99 Å². The molecule has 2 rings (SSSR count). The maximum Gasteiger partial charge on any atom is 0.335 e. The van der Waals surface area contributed by atoms with E-state index in [4.69, 9.17) is 4.74 Å². The number of esters is 1. The minimum atomic E-state index is -0.628. The number of hydrogen-bond donors (Lipinski definition) is 0. The van der Waals surface area contributed by atoms with Gasteiger partial charge in [0.05, 0.1) is 7.11 Å². The van der Waals surface area contributed by atoms with Gasteiger partial charge in [-0.05, 0) is 17.2 Å². The molecule has 0 amide bonds. The number of hydrogen-bond acceptors (Lipinski definition) is 3. The van der Waals surface area contributed by atoms with Crippen molar-refractivity contribution in [3.8, 4) is 0 Å². The van der Waals surface area contributed by atoms with Gasteiger partial charge in [-0.3, -0.25) is 4.99 Å². The molecule has 3 nitrogen and oxygen atoms in total. The van der Waals surface area contributed by atoms with E-state index < -0.39 is 6.04 Å². The van der Waals surface area contributed by atoms with Gasteiger partial charge in [-0.2, -0.15) is 0 Å². The Hall–Kier alpha value is -2.68. The molecule has 0 fully saturated rings. The minimum absolute atomic E-state index is 0.370. The van der Waals surface area contributed by atoms with Gasteiger partial charge in [0.2, 0.25) is 0 Å². The van der Waals surface area contributed by atoms with Gasteiger partial charge < -0.3 is 4.74 Å². The van der Waals surface area contributed by atoms with Crippen molar-refractivity contribution >= 4 is 18.3 Å². The Labute approximate surface area is 124 Å². The van der Waals surface area contributed by atoms with Crippen LogP contribution in [-0.4, -0.2) is 19.3 Å². The summed E-state index contributed by atoms with van der Waals surface area (Å²) < 4.78 is 4.81. The molecule has 0 aromatic heterocycles. The first kappa shape index (κ1) is 14.7. The highest BCUT2D eigenvalue weighted by Gasteiger charge is 2.18. The summed E-state index contributed by atoms with van der Waals surface area (Å²) in [6.45, 7) is 0. The zero-order valence-corrected chi connectivity index (χ0v) is 11.8. The van der Waals surface area contributed by atoms with Gasteiger partial charge in [0, 0.05) is 6.21 Å². The molecule has 0 N–H and O–H groups in total. The predicted octanol–water partition coefficient (Wildman–Crippen LogP) is 3.68. The van der Waals surface area contributed by atoms with E-state index in [-0.39, 0.29) is 5.97 Å². The van der Waals surface area contributed by atoms with Crippen LogP contribution in [0.4, 0.5) is 0 Å². The summed E-state index contributed by atoms with van der Waals surface area (Å²) >= 11 is 0. The van der Waals surface area contributed by atoms with Crippen LogP contribution in [0, 0.1) is 0 Å². The first-order valence-corrected chi connectivity index (χ1v) is 6.69. The monoisotopic (exact) mass is 279 g/mol. The lowest BCUT2D eigenvalue weighted by molar-refractivity contribution is -0.142. The summed E-state index contributed by atoms with van der Waals surface area (Å²) in [5.74, 6) is -0.370. The number of benzene rings is 2. The van der Waals surface area contributed by atoms with E-state index in [0.29, 0.717) is 0 Å². The van der Waals surface area contributed by atoms with Crippen LogP contribution < -0.4 is 0 Å². The third-order valence-electron chi connectivity index (χ3n) is 2.95. The van der Waals surface area contributed by atoms with E-state index in [1.54, 1.807) is 6.21 Å². The summed E-state index contributed by atoms with van der Waals surface area (Å²) in [5.41, 5.74) is 1.90. The summed E-state index contributed by atoms with van der Waals surface area (Å²) in [6, 6.07) is 18.7. The van der Waals surface area contributed by atoms with Crippen molar-refractivity contribution < 1.29 is 9.53 Å². The molecule has 0 aliphatic rings. The van der Waals surface area contributed by atoms with Crippen LogP contribution in [0.3, 0.4) is 0 Å². The molecule has 0 aliphatic carbocycles. The average molecular weight is 279 g/mol. The molecule has 0 radical (unpaired) electrons. The van der Waals surface area contributed by atoms with Crippen molar-refractivity contribution in [2.75, 3.05) is 7.11 Å². The highest BCUT2D eigenvalue weighted by Crippen LogP contribution is 2.18. The van der Waals surface area contributed by atoms with Crippen molar-refractivity contribution in [1.29, 1.82) is 0 Å². The molecule has 2 aromatic carbocycles. The number of aliphatic imine (C=N–C) groups is 1. The zero-order valence-electron chi connectivity index (χ0n) is 11.8. The Balaban J connectivity index is 2.11. The average Bonchev–Trinajstić information content (AvgIpc) is 2.56. The molecule has 106 valence electrons. The maximum absolute atomic E-state index is 11.8. The third kappa shape index (κ3) is 4.42. The fourth-order valence-electron chi connectivity index (χ4n) is 1.88. The molecule has 0 spiro atoms. The van der Waals surface area contributed by atoms with Gasteiger partial charge in [0.15, 0.2) is 6.04 Å². The van der Waals surface area contributed by atoms with Crippen LogP contribution in [-0.2, 0) is 9.53 Å². The topological polar surface area (TPSA) is 38.7 Å². The highest BCUT2D eigenvalue weighted by atomic mass is 16.5. The summed E-state index contributed by atoms with van der Waals surface area (Å²) in [4.78, 5) is 16.1. The van der Waals surface area contributed by atoms with Crippen molar-refractivity contribution in [1.82, 2.24) is 0 Å². The van der Waals surface area contributed by atoms with Crippen molar-refractivity contribution in [3.63, 3.8) is 0 Å². The van der Waals surface area contributed by atoms with Crippen LogP contribution in [0.15, 0.2) is 71.7 Å². The molecule has 3 heteroatoms. The number of ether oxygens (including phenoxy) is 1. The summed E-state index contributed by atoms with van der Waals surface area (Å²) in [7, 11) is 1.37. The van der Waals surface area contributed by atoms with Gasteiger partial charge >= 0.3 is 5.97 Å². The van der Waals surface area contributed by atoms with E-state index in [1.807, 2.05) is 72.8 Å². The molecule has 1 atom stereocenters. The predicted molar refractivity (Wildman–Crippen MR) is 85.2 cm³/mol. The molecule has 0 saturated carbocycles. The van der Waals surface area contributed by atoms with Gasteiger partial charge in [-0.1, -0.05) is 66.7 Å². The standard InChI is InChI=1S/C18H17NO2/c1-21-18(20)17(16-12-6-3-7-13-16)19-14-8-11-15-9-4-2-5-10-15/h2-14,17H,1H3/t17-/m0/s1. The molecular formula is C18H17NO2. The van der Waals surface area contributed by atoms with Crippen LogP contribution in [0.1, 0.15) is 17.2 Å². The lowest BCUT2D eigenvalue weighted by Crippen LogP contribution is -2.12. The van der Waals surface area contributed by atoms with Crippen molar-refractivity contribution in [2.45, 2.75) is 6.04 Å². The smallest absolute Gasteiger partial charge is 0.335 e. The molecular weight excluding hydrogens is 262 g/mol. The Morgan fingerprint density at radius 2 is 1.67 bits per heavy atom. The summed E-state index contributed by atoms with van der Waals surface area (Å²) in [6.07, 6.45) is 5.37. The molecule has 0 heterocycles. The number of rotatable bonds is 5. The van der Waals surface area contributed by atoms with E-state index >= 15 is 0 Å². The number of methoxy groups -OCH3 is 1. The van der Waals surface area contributed by atoms with Crippen molar-refractivity contribution in [3.05, 3.63) is 77.9 Å².